The first kappa shape index (κ1) is 18.1. The number of thiazole rings is 1. The van der Waals surface area contributed by atoms with Crippen LogP contribution in [0.2, 0.25) is 5.02 Å². The summed E-state index contributed by atoms with van der Waals surface area (Å²) in [5.74, 6) is -1.53. The van der Waals surface area contributed by atoms with Gasteiger partial charge in [-0.05, 0) is 32.1 Å². The van der Waals surface area contributed by atoms with Crippen LogP contribution in [0.3, 0.4) is 0 Å². The normalized spacial score (nSPS) is 10.8. The Morgan fingerprint density at radius 2 is 2.21 bits per heavy atom. The molecular formula is C16H14ClFN2O3S. The molecule has 8 heteroatoms. The number of esters is 1. The summed E-state index contributed by atoms with van der Waals surface area (Å²) in [4.78, 5) is 28.0. The summed E-state index contributed by atoms with van der Waals surface area (Å²) >= 11 is 6.89. The Labute approximate surface area is 147 Å². The van der Waals surface area contributed by atoms with Gasteiger partial charge >= 0.3 is 5.97 Å². The van der Waals surface area contributed by atoms with E-state index >= 15 is 0 Å². The molecule has 1 amide bonds. The molecule has 126 valence electrons. The second-order valence-electron chi connectivity index (χ2n) is 4.61. The van der Waals surface area contributed by atoms with Gasteiger partial charge in [0, 0.05) is 11.6 Å². The van der Waals surface area contributed by atoms with Gasteiger partial charge in [0.15, 0.2) is 5.13 Å². The van der Waals surface area contributed by atoms with E-state index in [1.165, 1.54) is 24.3 Å². The highest BCUT2D eigenvalue weighted by molar-refractivity contribution is 7.17. The molecule has 0 aliphatic heterocycles. The Morgan fingerprint density at radius 1 is 1.46 bits per heavy atom. The van der Waals surface area contributed by atoms with Crippen LogP contribution in [0.4, 0.5) is 9.52 Å². The van der Waals surface area contributed by atoms with E-state index in [4.69, 9.17) is 16.3 Å². The first-order valence-corrected chi connectivity index (χ1v) is 8.19. The van der Waals surface area contributed by atoms with Crippen molar-refractivity contribution in [3.8, 4) is 0 Å². The summed E-state index contributed by atoms with van der Waals surface area (Å²) in [6.45, 7) is 3.60. The Bertz CT molecular complexity index is 784. The van der Waals surface area contributed by atoms with Gasteiger partial charge in [0.05, 0.1) is 17.3 Å². The maximum Gasteiger partial charge on any atom is 0.350 e. The fraction of sp³-hybridized carbons (Fsp3) is 0.188. The van der Waals surface area contributed by atoms with Crippen molar-refractivity contribution < 1.29 is 18.7 Å². The van der Waals surface area contributed by atoms with E-state index in [0.717, 1.165) is 17.4 Å². The lowest BCUT2D eigenvalue weighted by Crippen LogP contribution is -2.07. The van der Waals surface area contributed by atoms with Gasteiger partial charge in [-0.2, -0.15) is 0 Å². The number of ether oxygens (including phenoxy) is 1. The van der Waals surface area contributed by atoms with Crippen molar-refractivity contribution in [1.29, 1.82) is 0 Å². The molecule has 0 fully saturated rings. The molecule has 0 unspecified atom stereocenters. The van der Waals surface area contributed by atoms with E-state index in [0.29, 0.717) is 10.6 Å². The third kappa shape index (κ3) is 4.39. The monoisotopic (exact) mass is 368 g/mol. The number of carbonyl (C=O) groups is 2. The maximum absolute atomic E-state index is 13.6. The quantitative estimate of drug-likeness (QED) is 0.638. The molecule has 0 saturated carbocycles. The van der Waals surface area contributed by atoms with E-state index in [2.05, 4.69) is 10.3 Å². The van der Waals surface area contributed by atoms with Gasteiger partial charge in [-0.1, -0.05) is 29.0 Å². The molecule has 2 aromatic rings. The number of nitrogens with zero attached hydrogens (tertiary/aromatic N) is 1. The summed E-state index contributed by atoms with van der Waals surface area (Å²) in [6.07, 6.45) is 2.42. The number of aryl methyl sites for hydroxylation is 1. The SMILES string of the molecule is CCOC(=O)c1sc(NC(=O)/C=C/c2c(F)cccc2Cl)nc1C. The zero-order valence-corrected chi connectivity index (χ0v) is 14.5. The van der Waals surface area contributed by atoms with Crippen LogP contribution >= 0.6 is 22.9 Å². The zero-order valence-electron chi connectivity index (χ0n) is 12.9. The van der Waals surface area contributed by atoms with E-state index in [1.54, 1.807) is 13.8 Å². The number of nitrogens with one attached hydrogen (secondary N) is 1. The second-order valence-corrected chi connectivity index (χ2v) is 6.02. The van der Waals surface area contributed by atoms with E-state index in [9.17, 15) is 14.0 Å². The smallest absolute Gasteiger partial charge is 0.350 e. The minimum atomic E-state index is -0.527. The highest BCUT2D eigenvalue weighted by Gasteiger charge is 2.17. The predicted molar refractivity (Wildman–Crippen MR) is 91.9 cm³/mol. The van der Waals surface area contributed by atoms with Crippen molar-refractivity contribution in [2.75, 3.05) is 11.9 Å². The van der Waals surface area contributed by atoms with Gasteiger partial charge in [-0.15, -0.1) is 0 Å². The van der Waals surface area contributed by atoms with Crippen molar-refractivity contribution in [1.82, 2.24) is 4.98 Å². The summed E-state index contributed by atoms with van der Waals surface area (Å²) in [7, 11) is 0. The third-order valence-corrected chi connectivity index (χ3v) is 4.27. The Balaban J connectivity index is 2.09. The molecule has 1 heterocycles. The molecule has 1 aromatic heterocycles. The Morgan fingerprint density at radius 3 is 2.88 bits per heavy atom. The van der Waals surface area contributed by atoms with Crippen LogP contribution < -0.4 is 5.32 Å². The number of amides is 1. The molecule has 2 rings (SSSR count). The van der Waals surface area contributed by atoms with Crippen LogP contribution in [0.15, 0.2) is 24.3 Å². The van der Waals surface area contributed by atoms with Gasteiger partial charge in [0.1, 0.15) is 10.7 Å². The number of halogens is 2. The molecule has 1 aromatic carbocycles. The number of hydrogen-bond acceptors (Lipinski definition) is 5. The van der Waals surface area contributed by atoms with Gasteiger partial charge in [0.25, 0.3) is 0 Å². The van der Waals surface area contributed by atoms with Crippen LogP contribution in [0, 0.1) is 12.7 Å². The molecule has 0 radical (unpaired) electrons. The van der Waals surface area contributed by atoms with Crippen molar-refractivity contribution in [2.45, 2.75) is 13.8 Å². The predicted octanol–water partition coefficient (Wildman–Crippen LogP) is 4.07. The molecule has 24 heavy (non-hydrogen) atoms. The average Bonchev–Trinajstić information content (AvgIpc) is 2.87. The fourth-order valence-corrected chi connectivity index (χ4v) is 2.90. The number of hydrogen-bond donors (Lipinski definition) is 1. The van der Waals surface area contributed by atoms with E-state index < -0.39 is 17.7 Å². The summed E-state index contributed by atoms with van der Waals surface area (Å²) in [6, 6.07) is 4.25. The van der Waals surface area contributed by atoms with Crippen molar-refractivity contribution in [3.63, 3.8) is 0 Å². The molecular weight excluding hydrogens is 355 g/mol. The minimum Gasteiger partial charge on any atom is -0.462 e. The lowest BCUT2D eigenvalue weighted by Gasteiger charge is -2.00. The van der Waals surface area contributed by atoms with Crippen molar-refractivity contribution in [3.05, 3.63) is 51.2 Å². The van der Waals surface area contributed by atoms with Gasteiger partial charge < -0.3 is 4.74 Å². The number of anilines is 1. The first-order chi connectivity index (χ1) is 11.4. The lowest BCUT2D eigenvalue weighted by molar-refractivity contribution is -0.111. The summed E-state index contributed by atoms with van der Waals surface area (Å²) < 4.78 is 18.5. The van der Waals surface area contributed by atoms with Crippen LogP contribution in [0.25, 0.3) is 6.08 Å². The third-order valence-electron chi connectivity index (χ3n) is 2.89. The molecule has 0 bridgehead atoms. The average molecular weight is 369 g/mol. The standard InChI is InChI=1S/C16H14ClFN2O3S/c1-3-23-15(22)14-9(2)19-16(24-14)20-13(21)8-7-10-11(17)5-4-6-12(10)18/h4-8H,3H2,1-2H3,(H,19,20,21)/b8-7+. The molecule has 0 atom stereocenters. The first-order valence-electron chi connectivity index (χ1n) is 7.00. The van der Waals surface area contributed by atoms with E-state index in [-0.39, 0.29) is 22.3 Å². The second kappa shape index (κ2) is 8.03. The molecule has 5 nitrogen and oxygen atoms in total. The highest BCUT2D eigenvalue weighted by Crippen LogP contribution is 2.24. The van der Waals surface area contributed by atoms with Gasteiger partial charge in [-0.25, -0.2) is 14.2 Å². The summed E-state index contributed by atoms with van der Waals surface area (Å²) in [5.41, 5.74) is 0.590. The Hall–Kier alpha value is -2.25. The topological polar surface area (TPSA) is 68.3 Å². The maximum atomic E-state index is 13.6. The molecule has 0 saturated heterocycles. The summed E-state index contributed by atoms with van der Waals surface area (Å²) in [5, 5.41) is 2.97. The van der Waals surface area contributed by atoms with Gasteiger partial charge in [-0.3, -0.25) is 10.1 Å². The van der Waals surface area contributed by atoms with Crippen LogP contribution in [0.1, 0.15) is 27.9 Å². The fourth-order valence-electron chi connectivity index (χ4n) is 1.81. The van der Waals surface area contributed by atoms with Gasteiger partial charge in [0.2, 0.25) is 5.91 Å². The van der Waals surface area contributed by atoms with E-state index in [1.807, 2.05) is 0 Å². The zero-order chi connectivity index (χ0) is 17.7. The number of aromatic nitrogens is 1. The molecule has 0 aliphatic carbocycles. The number of rotatable bonds is 5. The molecule has 1 N–H and O–H groups in total. The van der Waals surface area contributed by atoms with Crippen LogP contribution in [0.5, 0.6) is 0 Å². The highest BCUT2D eigenvalue weighted by atomic mass is 35.5. The number of carbonyl (C=O) groups excluding carboxylic acids is 2. The number of benzene rings is 1. The van der Waals surface area contributed by atoms with Crippen LogP contribution in [-0.4, -0.2) is 23.5 Å². The van der Waals surface area contributed by atoms with Crippen LogP contribution in [-0.2, 0) is 9.53 Å². The molecule has 0 aliphatic rings. The Kier molecular flexibility index (Phi) is 6.05. The lowest BCUT2D eigenvalue weighted by atomic mass is 10.2. The molecule has 0 spiro atoms. The minimum absolute atomic E-state index is 0.122. The van der Waals surface area contributed by atoms with Crippen molar-refractivity contribution in [2.24, 2.45) is 0 Å². The largest absolute Gasteiger partial charge is 0.462 e. The van der Waals surface area contributed by atoms with Crippen molar-refractivity contribution >= 4 is 46.0 Å².